The average molecular weight is 253 g/mol. The van der Waals surface area contributed by atoms with Crippen LogP contribution in [0.5, 0.6) is 0 Å². The van der Waals surface area contributed by atoms with E-state index >= 15 is 0 Å². The molecule has 0 atom stereocenters. The molecule has 2 heterocycles. The summed E-state index contributed by atoms with van der Waals surface area (Å²) < 4.78 is 27.7. The molecule has 0 saturated heterocycles. The van der Waals surface area contributed by atoms with Crippen molar-refractivity contribution in [2.75, 3.05) is 6.26 Å². The van der Waals surface area contributed by atoms with Crippen molar-refractivity contribution in [2.24, 2.45) is 0 Å². The molecule has 90 valence electrons. The van der Waals surface area contributed by atoms with Crippen LogP contribution in [0, 0.1) is 6.92 Å². The number of rotatable bonds is 3. The number of aryl methyl sites for hydroxylation is 1. The molecule has 0 bridgehead atoms. The van der Waals surface area contributed by atoms with Gasteiger partial charge in [0.15, 0.2) is 15.6 Å². The van der Waals surface area contributed by atoms with Crippen LogP contribution in [0.4, 0.5) is 0 Å². The van der Waals surface area contributed by atoms with Gasteiger partial charge in [-0.1, -0.05) is 0 Å². The molecule has 5 nitrogen and oxygen atoms in total. The van der Waals surface area contributed by atoms with Crippen LogP contribution in [0.25, 0.3) is 0 Å². The van der Waals surface area contributed by atoms with E-state index in [1.165, 1.54) is 12.1 Å². The van der Waals surface area contributed by atoms with Crippen molar-refractivity contribution in [3.8, 4) is 0 Å². The first-order valence-electron chi connectivity index (χ1n) is 4.88. The summed E-state index contributed by atoms with van der Waals surface area (Å²) in [4.78, 5) is 14.4. The molecule has 0 amide bonds. The van der Waals surface area contributed by atoms with Crippen molar-refractivity contribution in [2.45, 2.75) is 11.9 Å². The average Bonchev–Trinajstić information content (AvgIpc) is 2.83. The van der Waals surface area contributed by atoms with Gasteiger partial charge >= 0.3 is 0 Å². The lowest BCUT2D eigenvalue weighted by molar-refractivity contribution is 0.100. The van der Waals surface area contributed by atoms with E-state index in [1.807, 2.05) is 0 Å². The summed E-state index contributed by atoms with van der Waals surface area (Å²) in [6, 6.07) is 6.02. The number of aromatic nitrogens is 1. The van der Waals surface area contributed by atoms with E-state index in [0.29, 0.717) is 5.76 Å². The minimum Gasteiger partial charge on any atom is -0.458 e. The van der Waals surface area contributed by atoms with Gasteiger partial charge in [-0.15, -0.1) is 0 Å². The SMILES string of the molecule is Cc1ccc(C(=O)c2ccc(S(C)(=O)=O)[nH]2)o1. The van der Waals surface area contributed by atoms with Gasteiger partial charge in [-0.25, -0.2) is 8.42 Å². The third-order valence-corrected chi connectivity index (χ3v) is 3.30. The number of aromatic amines is 1. The summed E-state index contributed by atoms with van der Waals surface area (Å²) in [5.74, 6) is 0.445. The summed E-state index contributed by atoms with van der Waals surface area (Å²) in [5, 5.41) is 0.0177. The molecule has 0 aliphatic rings. The van der Waals surface area contributed by atoms with Crippen molar-refractivity contribution in [1.29, 1.82) is 0 Å². The third kappa shape index (κ3) is 2.31. The maximum absolute atomic E-state index is 11.9. The molecule has 0 fully saturated rings. The number of carbonyl (C=O) groups excluding carboxylic acids is 1. The highest BCUT2D eigenvalue weighted by Gasteiger charge is 2.17. The summed E-state index contributed by atoms with van der Waals surface area (Å²) >= 11 is 0. The Morgan fingerprint density at radius 2 is 1.94 bits per heavy atom. The molecule has 0 saturated carbocycles. The van der Waals surface area contributed by atoms with Gasteiger partial charge in [0.05, 0.1) is 5.69 Å². The molecule has 6 heteroatoms. The largest absolute Gasteiger partial charge is 0.458 e. The van der Waals surface area contributed by atoms with E-state index in [1.54, 1.807) is 19.1 Å². The van der Waals surface area contributed by atoms with Crippen LogP contribution in [-0.2, 0) is 9.84 Å². The second kappa shape index (κ2) is 3.89. The van der Waals surface area contributed by atoms with Gasteiger partial charge in [0.25, 0.3) is 0 Å². The van der Waals surface area contributed by atoms with Crippen molar-refractivity contribution in [1.82, 2.24) is 4.98 Å². The summed E-state index contributed by atoms with van der Waals surface area (Å²) in [7, 11) is -3.33. The first kappa shape index (κ1) is 11.7. The van der Waals surface area contributed by atoms with Crippen molar-refractivity contribution in [3.63, 3.8) is 0 Å². The number of ketones is 1. The fourth-order valence-corrected chi connectivity index (χ4v) is 2.02. The second-order valence-corrected chi connectivity index (χ2v) is 5.73. The second-order valence-electron chi connectivity index (χ2n) is 3.75. The first-order chi connectivity index (χ1) is 7.88. The number of furan rings is 1. The fourth-order valence-electron chi connectivity index (χ4n) is 1.41. The Morgan fingerprint density at radius 1 is 1.24 bits per heavy atom. The maximum atomic E-state index is 11.9. The van der Waals surface area contributed by atoms with E-state index in [-0.39, 0.29) is 22.3 Å². The number of H-pyrrole nitrogens is 1. The summed E-state index contributed by atoms with van der Waals surface area (Å²) in [5.41, 5.74) is 0.194. The Labute approximate surface area is 98.4 Å². The zero-order valence-electron chi connectivity index (χ0n) is 9.35. The van der Waals surface area contributed by atoms with Crippen LogP contribution < -0.4 is 0 Å². The first-order valence-corrected chi connectivity index (χ1v) is 6.77. The molecule has 0 spiro atoms. The van der Waals surface area contributed by atoms with E-state index < -0.39 is 9.84 Å². The predicted molar refractivity (Wildman–Crippen MR) is 60.8 cm³/mol. The van der Waals surface area contributed by atoms with E-state index in [0.717, 1.165) is 6.26 Å². The molecule has 0 aliphatic carbocycles. The minimum absolute atomic E-state index is 0.0177. The van der Waals surface area contributed by atoms with Gasteiger partial charge in [-0.2, -0.15) is 0 Å². The molecular weight excluding hydrogens is 242 g/mol. The van der Waals surface area contributed by atoms with Crippen LogP contribution >= 0.6 is 0 Å². The molecule has 0 radical (unpaired) electrons. The zero-order chi connectivity index (χ0) is 12.6. The quantitative estimate of drug-likeness (QED) is 0.841. The lowest BCUT2D eigenvalue weighted by Crippen LogP contribution is -2.02. The Morgan fingerprint density at radius 3 is 2.41 bits per heavy atom. The van der Waals surface area contributed by atoms with Gasteiger partial charge in [0.1, 0.15) is 10.8 Å². The number of nitrogens with one attached hydrogen (secondary N) is 1. The smallest absolute Gasteiger partial charge is 0.244 e. The number of hydrogen-bond donors (Lipinski definition) is 1. The molecule has 0 aliphatic heterocycles. The van der Waals surface area contributed by atoms with Crippen LogP contribution in [0.15, 0.2) is 33.7 Å². The van der Waals surface area contributed by atoms with Crippen LogP contribution in [-0.4, -0.2) is 25.4 Å². The predicted octanol–water partition coefficient (Wildman–Crippen LogP) is 1.55. The lowest BCUT2D eigenvalue weighted by atomic mass is 10.2. The van der Waals surface area contributed by atoms with Crippen LogP contribution in [0.2, 0.25) is 0 Å². The fraction of sp³-hybridized carbons (Fsp3) is 0.182. The number of sulfone groups is 1. The van der Waals surface area contributed by atoms with Crippen LogP contribution in [0.3, 0.4) is 0 Å². The Kier molecular flexibility index (Phi) is 2.66. The Bertz CT molecular complexity index is 663. The topological polar surface area (TPSA) is 80.1 Å². The summed E-state index contributed by atoms with van der Waals surface area (Å²) in [6.07, 6.45) is 1.07. The van der Waals surface area contributed by atoms with Gasteiger partial charge in [-0.05, 0) is 31.2 Å². The third-order valence-electron chi connectivity index (χ3n) is 2.27. The van der Waals surface area contributed by atoms with E-state index in [9.17, 15) is 13.2 Å². The van der Waals surface area contributed by atoms with Crippen molar-refractivity contribution in [3.05, 3.63) is 41.5 Å². The van der Waals surface area contributed by atoms with Gasteiger partial charge < -0.3 is 9.40 Å². The van der Waals surface area contributed by atoms with Crippen LogP contribution in [0.1, 0.15) is 22.0 Å². The van der Waals surface area contributed by atoms with Gasteiger partial charge in [0.2, 0.25) is 5.78 Å². The molecule has 0 aromatic carbocycles. The Hall–Kier alpha value is -1.82. The number of hydrogen-bond acceptors (Lipinski definition) is 4. The highest BCUT2D eigenvalue weighted by molar-refractivity contribution is 7.90. The normalized spacial score (nSPS) is 11.6. The van der Waals surface area contributed by atoms with Gasteiger partial charge in [-0.3, -0.25) is 4.79 Å². The van der Waals surface area contributed by atoms with E-state index in [2.05, 4.69) is 4.98 Å². The molecule has 0 unspecified atom stereocenters. The monoisotopic (exact) mass is 253 g/mol. The zero-order valence-corrected chi connectivity index (χ0v) is 10.2. The summed E-state index contributed by atoms with van der Waals surface area (Å²) in [6.45, 7) is 1.73. The Balaban J connectivity index is 2.36. The maximum Gasteiger partial charge on any atom is 0.244 e. The highest BCUT2D eigenvalue weighted by Crippen LogP contribution is 2.14. The van der Waals surface area contributed by atoms with Crippen molar-refractivity contribution < 1.29 is 17.6 Å². The molecule has 2 aromatic rings. The molecular formula is C11H11NO4S. The van der Waals surface area contributed by atoms with Gasteiger partial charge in [0, 0.05) is 6.26 Å². The molecule has 2 rings (SSSR count). The van der Waals surface area contributed by atoms with E-state index in [4.69, 9.17) is 4.42 Å². The van der Waals surface area contributed by atoms with Crippen molar-refractivity contribution >= 4 is 15.6 Å². The highest BCUT2D eigenvalue weighted by atomic mass is 32.2. The molecule has 1 N–H and O–H groups in total. The molecule has 17 heavy (non-hydrogen) atoms. The molecule has 2 aromatic heterocycles. The minimum atomic E-state index is -3.33. The standard InChI is InChI=1S/C11H11NO4S/c1-7-3-5-9(16-7)11(13)8-4-6-10(12-8)17(2,14)15/h3-6,12H,1-2H3. The number of carbonyl (C=O) groups is 1. The lowest BCUT2D eigenvalue weighted by Gasteiger charge is -1.94.